The highest BCUT2D eigenvalue weighted by atomic mass is 32.2. The van der Waals surface area contributed by atoms with Crippen LogP contribution in [0.5, 0.6) is 0 Å². The van der Waals surface area contributed by atoms with Gasteiger partial charge < -0.3 is 15.3 Å². The number of carboxylic acid groups (broad SMARTS) is 1. The molecular weight excluding hydrogens is 583 g/mol. The average Bonchev–Trinajstić information content (AvgIpc) is 3.46. The number of nitrogens with one attached hydrogen (secondary N) is 1. The van der Waals surface area contributed by atoms with E-state index in [-0.39, 0.29) is 23.8 Å². The van der Waals surface area contributed by atoms with E-state index in [1.54, 1.807) is 11.9 Å². The molecule has 42 heavy (non-hydrogen) atoms. The number of nitro groups is 1. The molecule has 0 bridgehead atoms. The Bertz CT molecular complexity index is 1380. The molecule has 2 aromatic rings. The first-order valence-electron chi connectivity index (χ1n) is 12.7. The number of amidine groups is 1. The number of amides is 1. The fourth-order valence-corrected chi connectivity index (χ4v) is 5.02. The third kappa shape index (κ3) is 10.7. The predicted octanol–water partition coefficient (Wildman–Crippen LogP) is 2.55. The molecule has 16 heteroatoms. The monoisotopic (exact) mass is 615 g/mol. The summed E-state index contributed by atoms with van der Waals surface area (Å²) >= 11 is 0. The summed E-state index contributed by atoms with van der Waals surface area (Å²) < 4.78 is 58.5. The molecule has 2 aromatic carbocycles. The number of aliphatic imine (C=N–C) groups is 1. The highest BCUT2D eigenvalue weighted by Gasteiger charge is 2.38. The number of sulfonamides is 1. The van der Waals surface area contributed by atoms with Crippen molar-refractivity contribution in [2.75, 3.05) is 40.3 Å². The summed E-state index contributed by atoms with van der Waals surface area (Å²) in [5.74, 6) is -1.89. The molecule has 1 aliphatic rings. The molecule has 0 unspecified atom stereocenters. The minimum Gasteiger partial charge on any atom is -0.475 e. The summed E-state index contributed by atoms with van der Waals surface area (Å²) in [7, 11) is -0.609. The Kier molecular flexibility index (Phi) is 12.4. The zero-order chi connectivity index (χ0) is 31.5. The van der Waals surface area contributed by atoms with E-state index in [9.17, 15) is 36.5 Å². The quantitative estimate of drug-likeness (QED) is 0.272. The van der Waals surface area contributed by atoms with Crippen LogP contribution in [-0.2, 0) is 32.6 Å². The third-order valence-electron chi connectivity index (χ3n) is 6.09. The van der Waals surface area contributed by atoms with Gasteiger partial charge in [-0.05, 0) is 30.5 Å². The van der Waals surface area contributed by atoms with E-state index in [2.05, 4.69) is 10.3 Å². The number of halogens is 3. The molecule has 3 rings (SSSR count). The number of likely N-dealkylation sites (N-methyl/N-ethyl adjacent to an activating group) is 1. The summed E-state index contributed by atoms with van der Waals surface area (Å²) in [6, 6.07) is 13.9. The predicted molar refractivity (Wildman–Crippen MR) is 147 cm³/mol. The lowest BCUT2D eigenvalue weighted by Crippen LogP contribution is -2.31. The topological polar surface area (TPSA) is 163 Å². The van der Waals surface area contributed by atoms with Gasteiger partial charge in [0.1, 0.15) is 5.84 Å². The van der Waals surface area contributed by atoms with E-state index in [1.165, 1.54) is 35.6 Å². The molecule has 0 aromatic heterocycles. The van der Waals surface area contributed by atoms with Gasteiger partial charge in [-0.2, -0.15) is 13.2 Å². The van der Waals surface area contributed by atoms with Gasteiger partial charge in [-0.15, -0.1) is 0 Å². The molecule has 1 heterocycles. The van der Waals surface area contributed by atoms with Crippen molar-refractivity contribution in [1.82, 2.24) is 14.5 Å². The average molecular weight is 616 g/mol. The van der Waals surface area contributed by atoms with Crippen LogP contribution in [0.15, 0.2) is 58.4 Å². The number of rotatable bonds is 12. The number of aliphatic carboxylic acids is 1. The lowest BCUT2D eigenvalue weighted by molar-refractivity contribution is -0.496. The summed E-state index contributed by atoms with van der Waals surface area (Å²) in [6.07, 6.45) is -3.77. The first-order chi connectivity index (χ1) is 19.6. The Morgan fingerprint density at radius 3 is 2.29 bits per heavy atom. The number of nitrogens with zero attached hydrogens (tertiary/aromatic N) is 4. The maximum Gasteiger partial charge on any atom is 0.490 e. The molecule has 230 valence electrons. The lowest BCUT2D eigenvalue weighted by Gasteiger charge is -2.20. The molecule has 1 amide bonds. The van der Waals surface area contributed by atoms with Gasteiger partial charge in [0.05, 0.1) is 11.4 Å². The van der Waals surface area contributed by atoms with E-state index < -0.39 is 33.6 Å². The Hall–Kier alpha value is -4.05. The molecule has 0 spiro atoms. The maximum absolute atomic E-state index is 12.8. The summed E-state index contributed by atoms with van der Waals surface area (Å²) in [5, 5.41) is 21.1. The fourth-order valence-electron chi connectivity index (χ4n) is 3.74. The largest absolute Gasteiger partial charge is 0.490 e. The zero-order valence-corrected chi connectivity index (χ0v) is 23.8. The highest BCUT2D eigenvalue weighted by molar-refractivity contribution is 7.89. The van der Waals surface area contributed by atoms with E-state index in [0.717, 1.165) is 36.5 Å². The second kappa shape index (κ2) is 15.3. The molecular formula is C26H32F3N5O7S. The van der Waals surface area contributed by atoms with E-state index in [4.69, 9.17) is 9.90 Å². The Labute approximate surface area is 241 Å². The number of alkyl halides is 3. The Morgan fingerprint density at radius 1 is 1.10 bits per heavy atom. The second-order valence-corrected chi connectivity index (χ2v) is 11.3. The number of benzene rings is 2. The van der Waals surface area contributed by atoms with Crippen molar-refractivity contribution >= 4 is 27.7 Å². The number of carbonyl (C=O) groups excluding carboxylic acids is 1. The van der Waals surface area contributed by atoms with Crippen LogP contribution in [0.25, 0.3) is 0 Å². The van der Waals surface area contributed by atoms with E-state index >= 15 is 0 Å². The first kappa shape index (κ1) is 34.2. The highest BCUT2D eigenvalue weighted by Crippen LogP contribution is 2.17. The van der Waals surface area contributed by atoms with Gasteiger partial charge in [0.25, 0.3) is 0 Å². The van der Waals surface area contributed by atoms with Crippen LogP contribution in [-0.4, -0.2) is 91.8 Å². The van der Waals surface area contributed by atoms with E-state index in [0.29, 0.717) is 18.5 Å². The van der Waals surface area contributed by atoms with Crippen molar-refractivity contribution in [1.29, 1.82) is 0 Å². The van der Waals surface area contributed by atoms with Gasteiger partial charge in [-0.25, -0.2) is 17.5 Å². The second-order valence-electron chi connectivity index (χ2n) is 9.29. The van der Waals surface area contributed by atoms with Crippen LogP contribution < -0.4 is 5.32 Å². The molecule has 12 nitrogen and oxygen atoms in total. The third-order valence-corrected chi connectivity index (χ3v) is 7.94. The molecule has 2 N–H and O–H groups in total. The van der Waals surface area contributed by atoms with Gasteiger partial charge in [-0.3, -0.25) is 19.9 Å². The first-order valence-corrected chi connectivity index (χ1v) is 14.1. The van der Waals surface area contributed by atoms with Crippen LogP contribution in [0.3, 0.4) is 0 Å². The smallest absolute Gasteiger partial charge is 0.475 e. The molecule has 0 saturated heterocycles. The molecule has 1 aliphatic heterocycles. The van der Waals surface area contributed by atoms with Crippen molar-refractivity contribution in [2.24, 2.45) is 4.99 Å². The fraction of sp³-hybridized carbons (Fsp3) is 0.423. The van der Waals surface area contributed by atoms with Crippen molar-refractivity contribution in [3.8, 4) is 0 Å². The summed E-state index contributed by atoms with van der Waals surface area (Å²) in [6.45, 7) is 1.95. The van der Waals surface area contributed by atoms with Crippen LogP contribution >= 0.6 is 0 Å². The standard InChI is InChI=1S/C24H31N5O5S.C2HF3O2/c1-27(16-12-19-8-10-21(11-9-19)24-25-13-14-26-24)23(30)7-4-15-28(2)35(33,34)22-6-3-5-20(17-22)18-29(31)32;3-2(4,5)1(6)7/h3,5-6,8-11,17H,4,7,12-16,18H2,1-2H3,(H,25,26);(H,6,7). The van der Waals surface area contributed by atoms with Crippen molar-refractivity contribution in [2.45, 2.75) is 36.9 Å². The minimum absolute atomic E-state index is 0.00426. The summed E-state index contributed by atoms with van der Waals surface area (Å²) in [5.41, 5.74) is 2.50. The van der Waals surface area contributed by atoms with Crippen LogP contribution in [0, 0.1) is 10.1 Å². The molecule has 0 fully saturated rings. The van der Waals surface area contributed by atoms with Crippen molar-refractivity contribution < 1.29 is 41.2 Å². The van der Waals surface area contributed by atoms with Crippen LogP contribution in [0.1, 0.15) is 29.5 Å². The SMILES string of the molecule is CN(CCc1ccc(C2=NCCN2)cc1)C(=O)CCCN(C)S(=O)(=O)c1cccc(C[N+](=O)[O-])c1.O=C(O)C(F)(F)F. The number of hydrogen-bond acceptors (Lipinski definition) is 8. The van der Waals surface area contributed by atoms with Crippen LogP contribution in [0.4, 0.5) is 13.2 Å². The zero-order valence-electron chi connectivity index (χ0n) is 23.0. The minimum atomic E-state index is -5.08. The Balaban J connectivity index is 0.000000782. The van der Waals surface area contributed by atoms with Crippen LogP contribution in [0.2, 0.25) is 0 Å². The molecule has 0 aliphatic carbocycles. The maximum atomic E-state index is 12.8. The van der Waals surface area contributed by atoms with Gasteiger partial charge in [0, 0.05) is 56.2 Å². The van der Waals surface area contributed by atoms with Gasteiger partial charge in [0.2, 0.25) is 22.5 Å². The molecule has 0 atom stereocenters. The molecule has 0 saturated carbocycles. The summed E-state index contributed by atoms with van der Waals surface area (Å²) in [4.78, 5) is 37.7. The van der Waals surface area contributed by atoms with E-state index in [1.807, 2.05) is 24.3 Å². The van der Waals surface area contributed by atoms with Gasteiger partial charge in [0.15, 0.2) is 0 Å². The molecule has 0 radical (unpaired) electrons. The normalized spacial score (nSPS) is 13.0. The van der Waals surface area contributed by atoms with Crippen molar-refractivity contribution in [3.05, 3.63) is 75.3 Å². The van der Waals surface area contributed by atoms with Crippen molar-refractivity contribution in [3.63, 3.8) is 0 Å². The Morgan fingerprint density at radius 2 is 1.74 bits per heavy atom. The van der Waals surface area contributed by atoms with Gasteiger partial charge >= 0.3 is 12.1 Å². The number of carbonyl (C=O) groups is 2. The lowest BCUT2D eigenvalue weighted by atomic mass is 10.1. The number of hydrogen-bond donors (Lipinski definition) is 2. The number of carboxylic acids is 1. The van der Waals surface area contributed by atoms with Gasteiger partial charge in [-0.1, -0.05) is 36.4 Å².